The minimum atomic E-state index is -0.257. The van der Waals surface area contributed by atoms with E-state index in [0.29, 0.717) is 18.0 Å². The van der Waals surface area contributed by atoms with Crippen LogP contribution >= 0.6 is 11.8 Å². The second kappa shape index (κ2) is 7.73. The third-order valence-electron chi connectivity index (χ3n) is 2.21. The lowest BCUT2D eigenvalue weighted by atomic mass is 10.3. The van der Waals surface area contributed by atoms with Gasteiger partial charge in [0.1, 0.15) is 5.03 Å². The predicted octanol–water partition coefficient (Wildman–Crippen LogP) is 1.27. The number of nitrogens with one attached hydrogen (secondary N) is 1. The molecule has 0 fully saturated rings. The van der Waals surface area contributed by atoms with Gasteiger partial charge in [-0.15, -0.1) is 22.0 Å². The van der Waals surface area contributed by atoms with E-state index < -0.39 is 0 Å². The summed E-state index contributed by atoms with van der Waals surface area (Å²) >= 11 is 1.41. The first-order valence-electron chi connectivity index (χ1n) is 5.92. The van der Waals surface area contributed by atoms with Gasteiger partial charge in [-0.05, 0) is 19.1 Å². The lowest BCUT2D eigenvalue weighted by Gasteiger charge is -2.08. The van der Waals surface area contributed by atoms with E-state index in [1.54, 1.807) is 12.1 Å². The first-order valence-corrected chi connectivity index (χ1v) is 6.80. The summed E-state index contributed by atoms with van der Waals surface area (Å²) in [6.45, 7) is 4.29. The van der Waals surface area contributed by atoms with Crippen molar-refractivity contribution in [3.63, 3.8) is 0 Å². The molecule has 1 N–H and O–H groups in total. The number of carbonyl (C=O) groups excluding carboxylic acids is 2. The molecule has 0 aromatic carbocycles. The second-order valence-electron chi connectivity index (χ2n) is 3.82. The Kier molecular flexibility index (Phi) is 6.27. The summed E-state index contributed by atoms with van der Waals surface area (Å²) in [5.74, 6) is -0.499. The monoisotopic (exact) mass is 283 g/mol. The predicted molar refractivity (Wildman–Crippen MR) is 72.0 cm³/mol. The number of esters is 1. The number of rotatable bonds is 6. The SMILES string of the molecule is CCNC(=O)c1ccc(SC(C)CC(=O)OC)nn1. The van der Waals surface area contributed by atoms with Gasteiger partial charge in [0.25, 0.3) is 5.91 Å². The summed E-state index contributed by atoms with van der Waals surface area (Å²) in [6.07, 6.45) is 0.306. The molecule has 104 valence electrons. The van der Waals surface area contributed by atoms with Crippen LogP contribution in [-0.2, 0) is 9.53 Å². The van der Waals surface area contributed by atoms with Gasteiger partial charge in [0.15, 0.2) is 5.69 Å². The summed E-state index contributed by atoms with van der Waals surface area (Å²) in [5.41, 5.74) is 0.284. The zero-order chi connectivity index (χ0) is 14.3. The van der Waals surface area contributed by atoms with E-state index in [-0.39, 0.29) is 22.8 Å². The van der Waals surface area contributed by atoms with E-state index in [1.165, 1.54) is 18.9 Å². The normalized spacial score (nSPS) is 11.7. The van der Waals surface area contributed by atoms with Gasteiger partial charge in [-0.3, -0.25) is 9.59 Å². The number of aromatic nitrogens is 2. The van der Waals surface area contributed by atoms with Gasteiger partial charge in [0.05, 0.1) is 13.5 Å². The first-order chi connectivity index (χ1) is 9.06. The van der Waals surface area contributed by atoms with Gasteiger partial charge in [-0.1, -0.05) is 6.92 Å². The molecule has 0 radical (unpaired) electrons. The molecule has 1 amide bonds. The van der Waals surface area contributed by atoms with Gasteiger partial charge in [0.2, 0.25) is 0 Å². The van der Waals surface area contributed by atoms with Crippen molar-refractivity contribution in [1.82, 2.24) is 15.5 Å². The van der Waals surface area contributed by atoms with Crippen molar-refractivity contribution >= 4 is 23.6 Å². The number of thioether (sulfide) groups is 1. The maximum Gasteiger partial charge on any atom is 0.306 e. The average molecular weight is 283 g/mol. The van der Waals surface area contributed by atoms with E-state index in [9.17, 15) is 9.59 Å². The Labute approximate surface area is 116 Å². The van der Waals surface area contributed by atoms with Crippen LogP contribution in [0.1, 0.15) is 30.8 Å². The molecule has 1 unspecified atom stereocenters. The molecule has 1 aromatic rings. The number of nitrogens with zero attached hydrogens (tertiary/aromatic N) is 2. The lowest BCUT2D eigenvalue weighted by molar-refractivity contribution is -0.140. The van der Waals surface area contributed by atoms with E-state index in [2.05, 4.69) is 20.3 Å². The fourth-order valence-electron chi connectivity index (χ4n) is 1.32. The topological polar surface area (TPSA) is 81.2 Å². The number of hydrogen-bond acceptors (Lipinski definition) is 6. The van der Waals surface area contributed by atoms with Crippen LogP contribution in [-0.4, -0.2) is 41.0 Å². The van der Waals surface area contributed by atoms with Gasteiger partial charge >= 0.3 is 5.97 Å². The molecule has 1 rings (SSSR count). The Morgan fingerprint density at radius 3 is 2.68 bits per heavy atom. The summed E-state index contributed by atoms with van der Waals surface area (Å²) in [6, 6.07) is 3.33. The molecular weight excluding hydrogens is 266 g/mol. The third kappa shape index (κ3) is 5.25. The van der Waals surface area contributed by atoms with Crippen LogP contribution in [0.25, 0.3) is 0 Å². The van der Waals surface area contributed by atoms with Crippen LogP contribution in [0.3, 0.4) is 0 Å². The van der Waals surface area contributed by atoms with Crippen LogP contribution in [0.15, 0.2) is 17.2 Å². The fourth-order valence-corrected chi connectivity index (χ4v) is 2.19. The van der Waals surface area contributed by atoms with Crippen molar-refractivity contribution in [2.45, 2.75) is 30.5 Å². The average Bonchev–Trinajstić information content (AvgIpc) is 2.39. The number of ether oxygens (including phenoxy) is 1. The van der Waals surface area contributed by atoms with Gasteiger partial charge in [-0.25, -0.2) is 0 Å². The molecule has 0 aliphatic heterocycles. The molecule has 0 spiro atoms. The maximum absolute atomic E-state index is 11.5. The highest BCUT2D eigenvalue weighted by Gasteiger charge is 2.12. The Hall–Kier alpha value is -1.63. The summed E-state index contributed by atoms with van der Waals surface area (Å²) in [7, 11) is 1.36. The largest absolute Gasteiger partial charge is 0.469 e. The van der Waals surface area contributed by atoms with Crippen molar-refractivity contribution < 1.29 is 14.3 Å². The van der Waals surface area contributed by atoms with Crippen LogP contribution in [0.2, 0.25) is 0 Å². The van der Waals surface area contributed by atoms with Crippen molar-refractivity contribution in [2.75, 3.05) is 13.7 Å². The molecule has 1 aromatic heterocycles. The molecule has 1 atom stereocenters. The van der Waals surface area contributed by atoms with Crippen LogP contribution in [0.4, 0.5) is 0 Å². The minimum Gasteiger partial charge on any atom is -0.469 e. The zero-order valence-corrected chi connectivity index (χ0v) is 12.0. The molecule has 19 heavy (non-hydrogen) atoms. The fraction of sp³-hybridized carbons (Fsp3) is 0.500. The summed E-state index contributed by atoms with van der Waals surface area (Å²) < 4.78 is 4.59. The standard InChI is InChI=1S/C12H17N3O3S/c1-4-13-12(17)9-5-6-10(15-14-9)19-8(2)7-11(16)18-3/h5-6,8H,4,7H2,1-3H3,(H,13,17). The van der Waals surface area contributed by atoms with Gasteiger partial charge in [-0.2, -0.15) is 0 Å². The molecule has 0 saturated heterocycles. The van der Waals surface area contributed by atoms with Crippen LogP contribution in [0.5, 0.6) is 0 Å². The van der Waals surface area contributed by atoms with Crippen LogP contribution in [0, 0.1) is 0 Å². The second-order valence-corrected chi connectivity index (χ2v) is 5.28. The Bertz CT molecular complexity index is 436. The number of methoxy groups -OCH3 is 1. The van der Waals surface area contributed by atoms with E-state index in [1.807, 2.05) is 13.8 Å². The minimum absolute atomic E-state index is 0.0390. The highest BCUT2D eigenvalue weighted by Crippen LogP contribution is 2.22. The molecule has 0 bridgehead atoms. The summed E-state index contributed by atoms with van der Waals surface area (Å²) in [5, 5.41) is 11.2. The Morgan fingerprint density at radius 2 is 2.16 bits per heavy atom. The molecule has 7 heteroatoms. The van der Waals surface area contributed by atoms with Gasteiger partial charge in [0, 0.05) is 11.8 Å². The number of carbonyl (C=O) groups is 2. The zero-order valence-electron chi connectivity index (χ0n) is 11.2. The number of hydrogen-bond donors (Lipinski definition) is 1. The van der Waals surface area contributed by atoms with Crippen molar-refractivity contribution in [3.8, 4) is 0 Å². The van der Waals surface area contributed by atoms with E-state index in [4.69, 9.17) is 0 Å². The van der Waals surface area contributed by atoms with Crippen molar-refractivity contribution in [2.24, 2.45) is 0 Å². The molecular formula is C12H17N3O3S. The van der Waals surface area contributed by atoms with Crippen molar-refractivity contribution in [1.29, 1.82) is 0 Å². The molecule has 1 heterocycles. The molecule has 0 aliphatic rings. The molecule has 6 nitrogen and oxygen atoms in total. The molecule has 0 saturated carbocycles. The molecule has 0 aliphatic carbocycles. The maximum atomic E-state index is 11.5. The smallest absolute Gasteiger partial charge is 0.306 e. The highest BCUT2D eigenvalue weighted by molar-refractivity contribution is 7.99. The number of amides is 1. The Balaban J connectivity index is 2.57. The quantitative estimate of drug-likeness (QED) is 0.625. The Morgan fingerprint density at radius 1 is 1.42 bits per heavy atom. The van der Waals surface area contributed by atoms with E-state index in [0.717, 1.165) is 0 Å². The van der Waals surface area contributed by atoms with Gasteiger partial charge < -0.3 is 10.1 Å². The van der Waals surface area contributed by atoms with E-state index >= 15 is 0 Å². The highest BCUT2D eigenvalue weighted by atomic mass is 32.2. The third-order valence-corrected chi connectivity index (χ3v) is 3.24. The van der Waals surface area contributed by atoms with Crippen molar-refractivity contribution in [3.05, 3.63) is 17.8 Å². The lowest BCUT2D eigenvalue weighted by Crippen LogP contribution is -2.24. The first kappa shape index (κ1) is 15.4. The van der Waals surface area contributed by atoms with Crippen LogP contribution < -0.4 is 5.32 Å². The summed E-state index contributed by atoms with van der Waals surface area (Å²) in [4.78, 5) is 22.6.